The summed E-state index contributed by atoms with van der Waals surface area (Å²) in [6.45, 7) is 1.21. The van der Waals surface area contributed by atoms with Crippen LogP contribution in [0.5, 0.6) is 0 Å². The van der Waals surface area contributed by atoms with E-state index in [1.807, 2.05) is 0 Å². The second-order valence-corrected chi connectivity index (χ2v) is 2.97. The molecule has 0 aliphatic heterocycles. The largest absolute Gasteiger partial charge is 0.481 e. The van der Waals surface area contributed by atoms with Crippen LogP contribution in [0, 0.1) is 12.7 Å². The van der Waals surface area contributed by atoms with E-state index < -0.39 is 30.2 Å². The van der Waals surface area contributed by atoms with E-state index in [9.17, 15) is 18.0 Å². The maximum Gasteiger partial charge on any atom is 0.309 e. The summed E-state index contributed by atoms with van der Waals surface area (Å²) in [5, 5.41) is 8.44. The van der Waals surface area contributed by atoms with Gasteiger partial charge in [0.1, 0.15) is 0 Å². The molecule has 15 heavy (non-hydrogen) atoms. The Morgan fingerprint density at radius 3 is 2.67 bits per heavy atom. The van der Waals surface area contributed by atoms with Crippen LogP contribution >= 0.6 is 0 Å². The number of aliphatic carboxylic acids is 1. The molecule has 1 heterocycles. The standard InChI is InChI=1S/C9H8F3NO2/c1-4-8(10)6(9(11)12)2-5(13-4)3-7(14)15/h2,9H,3H2,1H3,(H,14,15). The van der Waals surface area contributed by atoms with Crippen LogP contribution in [-0.4, -0.2) is 16.1 Å². The Balaban J connectivity index is 3.17. The monoisotopic (exact) mass is 219 g/mol. The molecule has 6 heteroatoms. The molecular formula is C9H8F3NO2. The molecule has 0 aliphatic rings. The molecule has 0 radical (unpaired) electrons. The molecule has 82 valence electrons. The average Bonchev–Trinajstić information content (AvgIpc) is 2.09. The maximum atomic E-state index is 13.1. The summed E-state index contributed by atoms with van der Waals surface area (Å²) < 4.78 is 37.7. The number of carboxylic acid groups (broad SMARTS) is 1. The molecule has 3 nitrogen and oxygen atoms in total. The van der Waals surface area contributed by atoms with Crippen molar-refractivity contribution in [1.82, 2.24) is 4.98 Å². The summed E-state index contributed by atoms with van der Waals surface area (Å²) in [5.74, 6) is -2.28. The van der Waals surface area contributed by atoms with Crippen LogP contribution in [0.2, 0.25) is 0 Å². The number of pyridine rings is 1. The molecule has 0 unspecified atom stereocenters. The van der Waals surface area contributed by atoms with E-state index in [0.29, 0.717) is 0 Å². The van der Waals surface area contributed by atoms with Crippen molar-refractivity contribution in [3.63, 3.8) is 0 Å². The van der Waals surface area contributed by atoms with Crippen molar-refractivity contribution in [2.45, 2.75) is 19.8 Å². The van der Waals surface area contributed by atoms with E-state index >= 15 is 0 Å². The molecule has 0 saturated carbocycles. The fraction of sp³-hybridized carbons (Fsp3) is 0.333. The summed E-state index contributed by atoms with van der Waals surface area (Å²) in [5.41, 5.74) is -1.10. The summed E-state index contributed by atoms with van der Waals surface area (Å²) in [6.07, 6.45) is -3.47. The molecule has 0 spiro atoms. The van der Waals surface area contributed by atoms with Gasteiger partial charge in [0.25, 0.3) is 6.43 Å². The first kappa shape index (κ1) is 11.5. The van der Waals surface area contributed by atoms with Crippen LogP contribution in [0.15, 0.2) is 6.07 Å². The van der Waals surface area contributed by atoms with Crippen molar-refractivity contribution in [1.29, 1.82) is 0 Å². The number of carbonyl (C=O) groups is 1. The van der Waals surface area contributed by atoms with Gasteiger partial charge < -0.3 is 5.11 Å². The van der Waals surface area contributed by atoms with Gasteiger partial charge in [0, 0.05) is 0 Å². The predicted octanol–water partition coefficient (Wildman–Crippen LogP) is 2.09. The highest BCUT2D eigenvalue weighted by atomic mass is 19.3. The van der Waals surface area contributed by atoms with Gasteiger partial charge >= 0.3 is 5.97 Å². The van der Waals surface area contributed by atoms with Crippen molar-refractivity contribution in [2.75, 3.05) is 0 Å². The molecule has 1 N–H and O–H groups in total. The van der Waals surface area contributed by atoms with Crippen molar-refractivity contribution in [3.8, 4) is 0 Å². The van der Waals surface area contributed by atoms with Gasteiger partial charge in [0.15, 0.2) is 5.82 Å². The zero-order chi connectivity index (χ0) is 11.6. The molecule has 0 amide bonds. The molecule has 0 aliphatic carbocycles. The van der Waals surface area contributed by atoms with Crippen LogP contribution in [0.4, 0.5) is 13.2 Å². The normalized spacial score (nSPS) is 10.7. The van der Waals surface area contributed by atoms with Crippen molar-refractivity contribution in [3.05, 3.63) is 28.8 Å². The number of carboxylic acids is 1. The highest BCUT2D eigenvalue weighted by Gasteiger charge is 2.18. The Hall–Kier alpha value is -1.59. The molecule has 1 aromatic rings. The van der Waals surface area contributed by atoms with Gasteiger partial charge in [-0.1, -0.05) is 0 Å². The lowest BCUT2D eigenvalue weighted by atomic mass is 10.1. The average molecular weight is 219 g/mol. The quantitative estimate of drug-likeness (QED) is 0.846. The zero-order valence-corrected chi connectivity index (χ0v) is 7.80. The minimum absolute atomic E-state index is 0.0725. The first-order valence-electron chi connectivity index (χ1n) is 4.07. The van der Waals surface area contributed by atoms with E-state index in [2.05, 4.69) is 4.98 Å². The summed E-state index contributed by atoms with van der Waals surface area (Å²) in [6, 6.07) is 0.779. The van der Waals surface area contributed by atoms with E-state index in [1.54, 1.807) is 0 Å². The number of alkyl halides is 2. The fourth-order valence-corrected chi connectivity index (χ4v) is 1.15. The number of nitrogens with zero attached hydrogens (tertiary/aromatic N) is 1. The van der Waals surface area contributed by atoms with Gasteiger partial charge in [-0.05, 0) is 13.0 Å². The number of rotatable bonds is 3. The summed E-state index contributed by atoms with van der Waals surface area (Å²) >= 11 is 0. The predicted molar refractivity (Wildman–Crippen MR) is 45.2 cm³/mol. The van der Waals surface area contributed by atoms with Gasteiger partial charge in [0.05, 0.1) is 23.4 Å². The Labute approximate surface area is 83.6 Å². The van der Waals surface area contributed by atoms with Gasteiger partial charge in [-0.3, -0.25) is 9.78 Å². The fourth-order valence-electron chi connectivity index (χ4n) is 1.15. The number of aryl methyl sites for hydroxylation is 1. The topological polar surface area (TPSA) is 50.2 Å². The van der Waals surface area contributed by atoms with Crippen molar-refractivity contribution >= 4 is 5.97 Å². The number of aromatic nitrogens is 1. The Morgan fingerprint density at radius 1 is 1.60 bits per heavy atom. The van der Waals surface area contributed by atoms with Crippen LogP contribution in [0.25, 0.3) is 0 Å². The van der Waals surface area contributed by atoms with E-state index in [4.69, 9.17) is 5.11 Å². The third-order valence-electron chi connectivity index (χ3n) is 1.77. The molecule has 0 bridgehead atoms. The minimum atomic E-state index is -2.97. The van der Waals surface area contributed by atoms with Gasteiger partial charge in [-0.2, -0.15) is 0 Å². The van der Waals surface area contributed by atoms with E-state index in [0.717, 1.165) is 6.07 Å². The van der Waals surface area contributed by atoms with Crippen LogP contribution in [-0.2, 0) is 11.2 Å². The SMILES string of the molecule is Cc1nc(CC(=O)O)cc(C(F)F)c1F. The van der Waals surface area contributed by atoms with E-state index in [-0.39, 0.29) is 11.4 Å². The van der Waals surface area contributed by atoms with Crippen LogP contribution in [0.1, 0.15) is 23.4 Å². The highest BCUT2D eigenvalue weighted by molar-refractivity contribution is 5.69. The Morgan fingerprint density at radius 2 is 2.20 bits per heavy atom. The number of halogens is 3. The van der Waals surface area contributed by atoms with Gasteiger partial charge in [-0.15, -0.1) is 0 Å². The first-order chi connectivity index (χ1) is 6.91. The summed E-state index contributed by atoms with van der Waals surface area (Å²) in [4.78, 5) is 13.9. The second-order valence-electron chi connectivity index (χ2n) is 2.97. The lowest BCUT2D eigenvalue weighted by Crippen LogP contribution is -2.07. The van der Waals surface area contributed by atoms with Crippen molar-refractivity contribution < 1.29 is 23.1 Å². The molecular weight excluding hydrogens is 211 g/mol. The molecule has 0 saturated heterocycles. The van der Waals surface area contributed by atoms with E-state index in [1.165, 1.54) is 6.92 Å². The number of hydrogen-bond acceptors (Lipinski definition) is 2. The molecule has 1 aromatic heterocycles. The third kappa shape index (κ3) is 2.68. The second kappa shape index (κ2) is 4.29. The first-order valence-corrected chi connectivity index (χ1v) is 4.07. The molecule has 1 rings (SSSR count). The van der Waals surface area contributed by atoms with Crippen LogP contribution < -0.4 is 0 Å². The third-order valence-corrected chi connectivity index (χ3v) is 1.77. The zero-order valence-electron chi connectivity index (χ0n) is 7.80. The summed E-state index contributed by atoms with van der Waals surface area (Å²) in [7, 11) is 0. The lowest BCUT2D eigenvalue weighted by Gasteiger charge is -2.06. The smallest absolute Gasteiger partial charge is 0.309 e. The Kier molecular flexibility index (Phi) is 3.28. The van der Waals surface area contributed by atoms with Crippen molar-refractivity contribution in [2.24, 2.45) is 0 Å². The van der Waals surface area contributed by atoms with Gasteiger partial charge in [-0.25, -0.2) is 13.2 Å². The lowest BCUT2D eigenvalue weighted by molar-refractivity contribution is -0.136. The highest BCUT2D eigenvalue weighted by Crippen LogP contribution is 2.24. The maximum absolute atomic E-state index is 13.1. The Bertz CT molecular complexity index is 393. The minimum Gasteiger partial charge on any atom is -0.481 e. The number of hydrogen-bond donors (Lipinski definition) is 1. The molecule has 0 fully saturated rings. The van der Waals surface area contributed by atoms with Gasteiger partial charge in [0.2, 0.25) is 0 Å². The van der Waals surface area contributed by atoms with Crippen LogP contribution in [0.3, 0.4) is 0 Å². The molecule has 0 atom stereocenters. The molecule has 0 aromatic carbocycles.